The molecule has 7 heteroatoms. The number of rotatable bonds is 7. The zero-order valence-corrected chi connectivity index (χ0v) is 20.2. The molecule has 176 valence electrons. The molecule has 0 unspecified atom stereocenters. The molecule has 0 aliphatic rings. The van der Waals surface area contributed by atoms with Crippen LogP contribution in [0.5, 0.6) is 0 Å². The van der Waals surface area contributed by atoms with Gasteiger partial charge in [0.1, 0.15) is 10.2 Å². The first-order valence-electron chi connectivity index (χ1n) is 11.1. The minimum atomic E-state index is -0.740. The summed E-state index contributed by atoms with van der Waals surface area (Å²) in [4.78, 5) is 41.5. The molecule has 0 bridgehead atoms. The number of Topliss-reactive ketones (excluding diaryl/α,β-unsaturated/α-hetero) is 1. The van der Waals surface area contributed by atoms with Gasteiger partial charge in [-0.2, -0.15) is 0 Å². The second kappa shape index (κ2) is 10.8. The number of benzene rings is 3. The Bertz CT molecular complexity index is 1470. The predicted molar refractivity (Wildman–Crippen MR) is 140 cm³/mol. The van der Waals surface area contributed by atoms with Crippen LogP contribution in [0.4, 0.5) is 17.1 Å². The van der Waals surface area contributed by atoms with Crippen LogP contribution in [0.25, 0.3) is 11.6 Å². The zero-order valence-electron chi connectivity index (χ0n) is 19.4. The Kier molecular flexibility index (Phi) is 7.38. The quantitative estimate of drug-likeness (QED) is 0.316. The van der Waals surface area contributed by atoms with E-state index in [0.29, 0.717) is 4.53 Å². The van der Waals surface area contributed by atoms with E-state index in [2.05, 4.69) is 9.88 Å². The predicted octanol–water partition coefficient (Wildman–Crippen LogP) is 4.04. The van der Waals surface area contributed by atoms with Gasteiger partial charge in [0.15, 0.2) is 5.78 Å². The van der Waals surface area contributed by atoms with Crippen molar-refractivity contribution in [2.24, 2.45) is 0 Å². The Labute approximate surface area is 206 Å². The Morgan fingerprint density at radius 2 is 1.43 bits per heavy atom. The molecule has 0 spiro atoms. The molecule has 3 aromatic carbocycles. The van der Waals surface area contributed by atoms with Crippen molar-refractivity contribution in [2.75, 3.05) is 11.5 Å². The molecule has 0 radical (unpaired) electrons. The Hall–Kier alpha value is -4.23. The van der Waals surface area contributed by atoms with E-state index in [1.165, 1.54) is 6.92 Å². The van der Waals surface area contributed by atoms with E-state index >= 15 is 0 Å². The fourth-order valence-corrected chi connectivity index (χ4v) is 4.66. The SMILES string of the molecule is CCOC(=O)/C(C(C)=O)=c1\[nH]c(=O)/c(=C/c2ccc(N(c3ccccc3)c3ccccc3)cc2)s1. The lowest BCUT2D eigenvalue weighted by molar-refractivity contribution is -0.137. The number of hydrogen-bond acceptors (Lipinski definition) is 6. The molecule has 0 atom stereocenters. The van der Waals surface area contributed by atoms with E-state index < -0.39 is 11.8 Å². The molecule has 4 rings (SSSR count). The number of esters is 1. The summed E-state index contributed by atoms with van der Waals surface area (Å²) in [6, 6.07) is 28.0. The number of hydrogen-bond donors (Lipinski definition) is 1. The second-order valence-corrected chi connectivity index (χ2v) is 8.70. The third-order valence-electron chi connectivity index (χ3n) is 5.20. The minimum absolute atomic E-state index is 0.138. The number of H-pyrrole nitrogens is 1. The van der Waals surface area contributed by atoms with Crippen LogP contribution in [-0.2, 0) is 14.3 Å². The van der Waals surface area contributed by atoms with Crippen molar-refractivity contribution >= 4 is 51.8 Å². The van der Waals surface area contributed by atoms with Crippen molar-refractivity contribution in [2.45, 2.75) is 13.8 Å². The van der Waals surface area contributed by atoms with Crippen LogP contribution in [0.3, 0.4) is 0 Å². The van der Waals surface area contributed by atoms with Crippen LogP contribution in [0.2, 0.25) is 0 Å². The Morgan fingerprint density at radius 3 is 1.94 bits per heavy atom. The molecule has 35 heavy (non-hydrogen) atoms. The number of aromatic nitrogens is 1. The second-order valence-electron chi connectivity index (χ2n) is 7.64. The molecule has 1 aromatic heterocycles. The third-order valence-corrected chi connectivity index (χ3v) is 6.23. The molecule has 0 aliphatic heterocycles. The molecular weight excluding hydrogens is 460 g/mol. The number of para-hydroxylation sites is 2. The molecule has 0 saturated heterocycles. The number of thiazole rings is 1. The minimum Gasteiger partial charge on any atom is -0.462 e. The molecular formula is C28H24N2O4S. The zero-order chi connectivity index (χ0) is 24.8. The van der Waals surface area contributed by atoms with Crippen LogP contribution in [0, 0.1) is 0 Å². The van der Waals surface area contributed by atoms with E-state index in [4.69, 9.17) is 4.74 Å². The van der Waals surface area contributed by atoms with E-state index in [1.54, 1.807) is 13.0 Å². The summed E-state index contributed by atoms with van der Waals surface area (Å²) >= 11 is 1.06. The number of carbonyl (C=O) groups excluding carboxylic acids is 2. The summed E-state index contributed by atoms with van der Waals surface area (Å²) in [6.07, 6.45) is 1.73. The van der Waals surface area contributed by atoms with Crippen molar-refractivity contribution in [3.63, 3.8) is 0 Å². The normalized spacial score (nSPS) is 12.2. The van der Waals surface area contributed by atoms with Gasteiger partial charge in [0.05, 0.1) is 11.1 Å². The summed E-state index contributed by atoms with van der Waals surface area (Å²) in [7, 11) is 0. The van der Waals surface area contributed by atoms with Gasteiger partial charge in [-0.15, -0.1) is 11.3 Å². The van der Waals surface area contributed by atoms with Crippen LogP contribution in [-0.4, -0.2) is 23.3 Å². The van der Waals surface area contributed by atoms with Gasteiger partial charge >= 0.3 is 5.97 Å². The lowest BCUT2D eigenvalue weighted by Crippen LogP contribution is -2.23. The van der Waals surface area contributed by atoms with Crippen LogP contribution in [0.15, 0.2) is 89.7 Å². The van der Waals surface area contributed by atoms with Gasteiger partial charge in [0.25, 0.3) is 5.56 Å². The molecule has 1 heterocycles. The number of carbonyl (C=O) groups is 2. The molecule has 0 saturated carbocycles. The Balaban J connectivity index is 1.73. The van der Waals surface area contributed by atoms with Crippen LogP contribution in [0.1, 0.15) is 19.4 Å². The lowest BCUT2D eigenvalue weighted by atomic mass is 10.1. The maximum atomic E-state index is 12.5. The number of ketones is 1. The van der Waals surface area contributed by atoms with E-state index in [0.717, 1.165) is 34.0 Å². The monoisotopic (exact) mass is 484 g/mol. The highest BCUT2D eigenvalue weighted by molar-refractivity contribution is 7.07. The van der Waals surface area contributed by atoms with E-state index in [1.807, 2.05) is 84.9 Å². The number of anilines is 3. The van der Waals surface area contributed by atoms with E-state index in [9.17, 15) is 14.4 Å². The number of nitrogens with zero attached hydrogens (tertiary/aromatic N) is 1. The highest BCUT2D eigenvalue weighted by Crippen LogP contribution is 2.34. The highest BCUT2D eigenvalue weighted by Gasteiger charge is 2.18. The maximum Gasteiger partial charge on any atom is 0.344 e. The first kappa shape index (κ1) is 23.9. The fraction of sp³-hybridized carbons (Fsp3) is 0.107. The smallest absolute Gasteiger partial charge is 0.344 e. The molecule has 6 nitrogen and oxygen atoms in total. The topological polar surface area (TPSA) is 79.5 Å². The van der Waals surface area contributed by atoms with Gasteiger partial charge in [-0.25, -0.2) is 4.79 Å². The summed E-state index contributed by atoms with van der Waals surface area (Å²) < 4.78 is 5.55. The summed E-state index contributed by atoms with van der Waals surface area (Å²) in [5.41, 5.74) is 3.32. The van der Waals surface area contributed by atoms with Crippen molar-refractivity contribution < 1.29 is 14.3 Å². The first-order valence-corrected chi connectivity index (χ1v) is 11.9. The highest BCUT2D eigenvalue weighted by atomic mass is 32.1. The van der Waals surface area contributed by atoms with Crippen molar-refractivity contribution in [3.8, 4) is 0 Å². The number of nitrogens with one attached hydrogen (secondary N) is 1. The summed E-state index contributed by atoms with van der Waals surface area (Å²) in [6.45, 7) is 3.07. The lowest BCUT2D eigenvalue weighted by Gasteiger charge is -2.25. The third kappa shape index (κ3) is 5.47. The largest absolute Gasteiger partial charge is 0.462 e. The van der Waals surface area contributed by atoms with Gasteiger partial charge < -0.3 is 14.6 Å². The maximum absolute atomic E-state index is 12.5. The van der Waals surface area contributed by atoms with Gasteiger partial charge in [0.2, 0.25) is 0 Å². The first-order chi connectivity index (χ1) is 17.0. The van der Waals surface area contributed by atoms with Crippen molar-refractivity contribution in [3.05, 3.63) is 110 Å². The molecule has 0 aliphatic carbocycles. The van der Waals surface area contributed by atoms with E-state index in [-0.39, 0.29) is 22.4 Å². The summed E-state index contributed by atoms with van der Waals surface area (Å²) in [5, 5.41) is 0. The Morgan fingerprint density at radius 1 is 0.886 bits per heavy atom. The number of ether oxygens (including phenoxy) is 1. The average molecular weight is 485 g/mol. The molecule has 4 aromatic rings. The standard InChI is InChI=1S/C28H24N2O4S/c1-3-34-28(33)25(19(2)31)27-29-26(32)24(35-27)18-20-14-16-23(17-15-20)30(21-10-6-4-7-11-21)22-12-8-5-9-13-22/h4-18H,3H2,1-2H3,(H,29,32)/b24-18-,27-25+. The average Bonchev–Trinajstić information content (AvgIpc) is 3.21. The van der Waals surface area contributed by atoms with Crippen LogP contribution < -0.4 is 19.7 Å². The molecule has 0 amide bonds. The van der Waals surface area contributed by atoms with Crippen LogP contribution >= 0.6 is 11.3 Å². The fourth-order valence-electron chi connectivity index (χ4n) is 3.63. The van der Waals surface area contributed by atoms with Gasteiger partial charge in [-0.05, 0) is 61.9 Å². The number of aromatic amines is 1. The molecule has 1 N–H and O–H groups in total. The van der Waals surface area contributed by atoms with Crippen molar-refractivity contribution in [1.82, 2.24) is 4.98 Å². The van der Waals surface area contributed by atoms with Gasteiger partial charge in [-0.3, -0.25) is 9.59 Å². The van der Waals surface area contributed by atoms with Gasteiger partial charge in [-0.1, -0.05) is 48.5 Å². The van der Waals surface area contributed by atoms with Crippen molar-refractivity contribution in [1.29, 1.82) is 0 Å². The van der Waals surface area contributed by atoms with Gasteiger partial charge in [0, 0.05) is 17.1 Å². The molecule has 0 fully saturated rings. The summed E-state index contributed by atoms with van der Waals surface area (Å²) in [5.74, 6) is -1.20.